The van der Waals surface area contributed by atoms with Gasteiger partial charge in [-0.05, 0) is 6.42 Å². The Morgan fingerprint density at radius 1 is 0.962 bits per heavy atom. The second-order valence-corrected chi connectivity index (χ2v) is 6.39. The summed E-state index contributed by atoms with van der Waals surface area (Å²) in [5, 5.41) is 31.8. The van der Waals surface area contributed by atoms with Gasteiger partial charge in [-0.25, -0.2) is 0 Å². The third-order valence-corrected chi connectivity index (χ3v) is 4.33. The Morgan fingerprint density at radius 3 is 2.15 bits per heavy atom. The number of quaternary nitrogens is 1. The summed E-state index contributed by atoms with van der Waals surface area (Å²) < 4.78 is 0.132. The van der Waals surface area contributed by atoms with E-state index in [1.807, 2.05) is 0 Å². The minimum atomic E-state index is -1.21. The Morgan fingerprint density at radius 2 is 1.62 bits per heavy atom. The van der Waals surface area contributed by atoms with Gasteiger partial charge in [0.05, 0.1) is 39.2 Å². The molecular weight excluding hydrogens is 335 g/mol. The van der Waals surface area contributed by atoms with Gasteiger partial charge in [-0.15, -0.1) is 0 Å². The van der Waals surface area contributed by atoms with E-state index in [4.69, 9.17) is 5.11 Å². The molecule has 1 atom stereocenters. The largest absolute Gasteiger partial charge is 1.00 e. The number of aliphatic hydroxyl groups excluding tert-OH is 1. The van der Waals surface area contributed by atoms with E-state index in [0.717, 1.165) is 25.7 Å². The molecular formula is C17H32LiN2O6+. The van der Waals surface area contributed by atoms with Gasteiger partial charge in [-0.3, -0.25) is 9.59 Å². The first-order valence-electron chi connectivity index (χ1n) is 8.99. The SMILES string of the molecule is CCCCCCC(=O)NCC[N+](CCO)(CCC(=O)[O-])CCC(=O)O.[Li+]. The zero-order valence-electron chi connectivity index (χ0n) is 16.2. The van der Waals surface area contributed by atoms with E-state index in [2.05, 4.69) is 12.2 Å². The molecule has 0 spiro atoms. The number of carboxylic acids is 2. The molecule has 0 aliphatic heterocycles. The van der Waals surface area contributed by atoms with Gasteiger partial charge in [-0.2, -0.15) is 0 Å². The molecule has 0 aromatic rings. The van der Waals surface area contributed by atoms with Crippen LogP contribution in [0.3, 0.4) is 0 Å². The molecule has 0 saturated carbocycles. The van der Waals surface area contributed by atoms with Crippen molar-refractivity contribution in [1.82, 2.24) is 5.32 Å². The first-order valence-corrected chi connectivity index (χ1v) is 8.99. The van der Waals surface area contributed by atoms with Crippen LogP contribution >= 0.6 is 0 Å². The number of amides is 1. The monoisotopic (exact) mass is 367 g/mol. The Hall–Kier alpha value is -1.07. The van der Waals surface area contributed by atoms with Gasteiger partial charge >= 0.3 is 24.8 Å². The standard InChI is InChI=1S/C17H32N2O6.Li/c1-2-3-4-5-6-15(21)18-9-12-19(13-14-20,10-7-16(22)23)11-8-17(24)25;/h20H,2-14H2,1H3,(H2-,18,21,22,23,24,25);/q;+1. The molecule has 8 nitrogen and oxygen atoms in total. The summed E-state index contributed by atoms with van der Waals surface area (Å²) in [6.07, 6.45) is 4.16. The molecule has 0 radical (unpaired) electrons. The summed E-state index contributed by atoms with van der Waals surface area (Å²) in [5.41, 5.74) is 0. The van der Waals surface area contributed by atoms with Crippen LogP contribution in [0.4, 0.5) is 0 Å². The number of aliphatic hydroxyl groups is 1. The Kier molecular flexibility index (Phi) is 16.8. The van der Waals surface area contributed by atoms with Gasteiger partial charge in [0.25, 0.3) is 0 Å². The number of nitrogens with zero attached hydrogens (tertiary/aromatic N) is 1. The van der Waals surface area contributed by atoms with E-state index in [-0.39, 0.29) is 68.3 Å². The number of hydrogen-bond donors (Lipinski definition) is 3. The number of carbonyl (C=O) groups excluding carboxylic acids is 2. The molecule has 1 amide bonds. The fourth-order valence-corrected chi connectivity index (χ4v) is 2.78. The molecule has 0 fully saturated rings. The fraction of sp³-hybridized carbons (Fsp3) is 0.824. The second-order valence-electron chi connectivity index (χ2n) is 6.39. The minimum absolute atomic E-state index is 0. The van der Waals surface area contributed by atoms with Crippen molar-refractivity contribution in [3.05, 3.63) is 0 Å². The van der Waals surface area contributed by atoms with Gasteiger partial charge < -0.3 is 29.9 Å². The van der Waals surface area contributed by atoms with E-state index in [1.165, 1.54) is 0 Å². The summed E-state index contributed by atoms with van der Waals surface area (Å²) >= 11 is 0. The number of nitrogens with one attached hydrogen (secondary N) is 1. The molecule has 0 rings (SSSR count). The fourth-order valence-electron chi connectivity index (χ4n) is 2.78. The number of unbranched alkanes of at least 4 members (excludes halogenated alkanes) is 3. The van der Waals surface area contributed by atoms with Crippen LogP contribution in [0.5, 0.6) is 0 Å². The molecule has 0 aliphatic rings. The second kappa shape index (κ2) is 16.1. The summed E-state index contributed by atoms with van der Waals surface area (Å²) in [4.78, 5) is 33.5. The van der Waals surface area contributed by atoms with Crippen LogP contribution in [-0.4, -0.2) is 71.9 Å². The van der Waals surface area contributed by atoms with Crippen LogP contribution in [-0.2, 0) is 14.4 Å². The van der Waals surface area contributed by atoms with Crippen LogP contribution in [0.15, 0.2) is 0 Å². The van der Waals surface area contributed by atoms with Crippen molar-refractivity contribution < 1.29 is 53.0 Å². The number of hydrogen-bond acceptors (Lipinski definition) is 5. The van der Waals surface area contributed by atoms with Gasteiger partial charge in [-0.1, -0.05) is 26.2 Å². The summed E-state index contributed by atoms with van der Waals surface area (Å²) in [5.74, 6) is -2.25. The molecule has 0 aromatic heterocycles. The van der Waals surface area contributed by atoms with E-state index in [0.29, 0.717) is 19.5 Å². The molecule has 0 heterocycles. The van der Waals surface area contributed by atoms with E-state index < -0.39 is 11.9 Å². The van der Waals surface area contributed by atoms with Crippen LogP contribution in [0, 0.1) is 0 Å². The van der Waals surface area contributed by atoms with Gasteiger partial charge in [0.2, 0.25) is 5.91 Å². The number of aliphatic carboxylic acids is 2. The molecule has 26 heavy (non-hydrogen) atoms. The third-order valence-electron chi connectivity index (χ3n) is 4.33. The Balaban J connectivity index is 0. The molecule has 9 heteroatoms. The van der Waals surface area contributed by atoms with Crippen molar-refractivity contribution >= 4 is 17.8 Å². The molecule has 0 saturated heterocycles. The molecule has 0 bridgehead atoms. The maximum atomic E-state index is 11.8. The Labute approximate surface area is 167 Å². The van der Waals surface area contributed by atoms with E-state index >= 15 is 0 Å². The molecule has 1 unspecified atom stereocenters. The zero-order chi connectivity index (χ0) is 19.1. The molecule has 0 aliphatic carbocycles. The molecule has 0 aromatic carbocycles. The summed E-state index contributed by atoms with van der Waals surface area (Å²) in [7, 11) is 0. The van der Waals surface area contributed by atoms with Crippen LogP contribution in [0.1, 0.15) is 51.9 Å². The minimum Gasteiger partial charge on any atom is -0.550 e. The first kappa shape index (κ1) is 27.1. The predicted molar refractivity (Wildman–Crippen MR) is 90.5 cm³/mol. The molecule has 3 N–H and O–H groups in total. The van der Waals surface area contributed by atoms with E-state index in [9.17, 15) is 24.6 Å². The van der Waals surface area contributed by atoms with Crippen LogP contribution < -0.4 is 29.3 Å². The maximum absolute atomic E-state index is 11.8. The number of carbonyl (C=O) groups is 3. The number of carboxylic acid groups (broad SMARTS) is 2. The van der Waals surface area contributed by atoms with Gasteiger partial charge in [0.15, 0.2) is 0 Å². The topological polar surface area (TPSA) is 127 Å². The smallest absolute Gasteiger partial charge is 0.550 e. The van der Waals surface area contributed by atoms with Crippen LogP contribution in [0.25, 0.3) is 0 Å². The van der Waals surface area contributed by atoms with Gasteiger partial charge in [0.1, 0.15) is 6.54 Å². The quantitative estimate of drug-likeness (QED) is 0.148. The van der Waals surface area contributed by atoms with Crippen molar-refractivity contribution in [2.24, 2.45) is 0 Å². The third kappa shape index (κ3) is 14.1. The normalized spacial score (nSPS) is 12.7. The van der Waals surface area contributed by atoms with Crippen LogP contribution in [0.2, 0.25) is 0 Å². The van der Waals surface area contributed by atoms with Crippen molar-refractivity contribution in [3.63, 3.8) is 0 Å². The van der Waals surface area contributed by atoms with Crippen molar-refractivity contribution in [1.29, 1.82) is 0 Å². The average molecular weight is 367 g/mol. The first-order chi connectivity index (χ1) is 11.8. The van der Waals surface area contributed by atoms with E-state index in [1.54, 1.807) is 0 Å². The summed E-state index contributed by atoms with van der Waals surface area (Å²) in [6.45, 7) is 3.23. The van der Waals surface area contributed by atoms with Crippen molar-refractivity contribution in [2.45, 2.75) is 51.9 Å². The molecule has 146 valence electrons. The predicted octanol–water partition coefficient (Wildman–Crippen LogP) is -3.50. The number of rotatable bonds is 16. The maximum Gasteiger partial charge on any atom is 1.00 e. The van der Waals surface area contributed by atoms with Gasteiger partial charge in [0, 0.05) is 18.8 Å². The summed E-state index contributed by atoms with van der Waals surface area (Å²) in [6, 6.07) is 0. The Bertz CT molecular complexity index is 402. The average Bonchev–Trinajstić information content (AvgIpc) is 2.55. The van der Waals surface area contributed by atoms with Crippen molar-refractivity contribution in [2.75, 3.05) is 39.3 Å². The van der Waals surface area contributed by atoms with Crippen molar-refractivity contribution in [3.8, 4) is 0 Å². The zero-order valence-corrected chi connectivity index (χ0v) is 16.2.